The van der Waals surface area contributed by atoms with E-state index in [9.17, 15) is 9.59 Å². The molecule has 0 aromatic heterocycles. The largest absolute Gasteiger partial charge is 0.452 e. The topological polar surface area (TPSA) is 55.4 Å². The average molecular weight is 360 g/mol. The molecule has 0 aliphatic heterocycles. The summed E-state index contributed by atoms with van der Waals surface area (Å²) in [6.07, 6.45) is 0.103. The first kappa shape index (κ1) is 17.0. The number of rotatable bonds is 7. The Hall–Kier alpha value is -1.01. The molecule has 0 spiro atoms. The zero-order valence-electron chi connectivity index (χ0n) is 11.5. The molecule has 0 radical (unpaired) electrons. The maximum absolute atomic E-state index is 11.6. The van der Waals surface area contributed by atoms with Crippen LogP contribution in [0.4, 0.5) is 0 Å². The van der Waals surface area contributed by atoms with E-state index < -0.39 is 12.1 Å². The summed E-state index contributed by atoms with van der Waals surface area (Å²) < 4.78 is 6.06. The molecule has 1 atom stereocenters. The van der Waals surface area contributed by atoms with Crippen molar-refractivity contribution in [3.05, 3.63) is 28.7 Å². The summed E-state index contributed by atoms with van der Waals surface area (Å²) in [5.41, 5.74) is 0. The Labute approximate surface area is 131 Å². The summed E-state index contributed by atoms with van der Waals surface area (Å²) in [5.74, 6) is -0.460. The molecule has 0 aliphatic rings. The number of thioether (sulfide) groups is 1. The van der Waals surface area contributed by atoms with Gasteiger partial charge in [-0.05, 0) is 37.6 Å². The fourth-order valence-electron chi connectivity index (χ4n) is 1.35. The first-order valence-corrected chi connectivity index (χ1v) is 8.16. The molecule has 0 fully saturated rings. The van der Waals surface area contributed by atoms with Crippen molar-refractivity contribution in [2.45, 2.75) is 31.3 Å². The minimum absolute atomic E-state index is 0.188. The van der Waals surface area contributed by atoms with Crippen LogP contribution in [-0.2, 0) is 14.3 Å². The van der Waals surface area contributed by atoms with Gasteiger partial charge >= 0.3 is 5.97 Å². The molecule has 0 saturated heterocycles. The lowest BCUT2D eigenvalue weighted by molar-refractivity contribution is -0.152. The third-order valence-electron chi connectivity index (χ3n) is 2.40. The molecule has 1 aromatic rings. The summed E-state index contributed by atoms with van der Waals surface area (Å²) in [6, 6.07) is 7.65. The monoisotopic (exact) mass is 359 g/mol. The zero-order chi connectivity index (χ0) is 15.0. The number of nitrogens with one attached hydrogen (secondary N) is 1. The highest BCUT2D eigenvalue weighted by atomic mass is 79.9. The van der Waals surface area contributed by atoms with Gasteiger partial charge in [0.2, 0.25) is 0 Å². The summed E-state index contributed by atoms with van der Waals surface area (Å²) in [7, 11) is 0. The van der Waals surface area contributed by atoms with E-state index >= 15 is 0 Å². The van der Waals surface area contributed by atoms with Gasteiger partial charge < -0.3 is 10.1 Å². The van der Waals surface area contributed by atoms with Gasteiger partial charge in [-0.3, -0.25) is 9.59 Å². The molecule has 0 unspecified atom stereocenters. The van der Waals surface area contributed by atoms with Gasteiger partial charge in [-0.25, -0.2) is 0 Å². The van der Waals surface area contributed by atoms with Crippen LogP contribution in [0, 0.1) is 0 Å². The van der Waals surface area contributed by atoms with Crippen LogP contribution in [-0.4, -0.2) is 30.3 Å². The van der Waals surface area contributed by atoms with E-state index in [0.29, 0.717) is 6.54 Å². The Bertz CT molecular complexity index is 450. The molecule has 0 heterocycles. The van der Waals surface area contributed by atoms with Crippen LogP contribution in [0.3, 0.4) is 0 Å². The Morgan fingerprint density at radius 1 is 1.35 bits per heavy atom. The Kier molecular flexibility index (Phi) is 7.69. The van der Waals surface area contributed by atoms with Gasteiger partial charge in [0.05, 0.1) is 5.75 Å². The third kappa shape index (κ3) is 6.43. The van der Waals surface area contributed by atoms with E-state index in [0.717, 1.165) is 15.8 Å². The van der Waals surface area contributed by atoms with Crippen LogP contribution in [0.1, 0.15) is 20.3 Å². The van der Waals surface area contributed by atoms with E-state index in [4.69, 9.17) is 4.74 Å². The fraction of sp³-hybridized carbons (Fsp3) is 0.429. The van der Waals surface area contributed by atoms with E-state index in [2.05, 4.69) is 21.2 Å². The highest BCUT2D eigenvalue weighted by Crippen LogP contribution is 2.20. The molecule has 1 aromatic carbocycles. The average Bonchev–Trinajstić information content (AvgIpc) is 2.44. The van der Waals surface area contributed by atoms with Crippen molar-refractivity contribution in [2.24, 2.45) is 0 Å². The SMILES string of the molecule is CCCNC(=O)[C@@H](C)OC(=O)CSc1ccc(Br)cc1. The van der Waals surface area contributed by atoms with Crippen molar-refractivity contribution in [3.63, 3.8) is 0 Å². The lowest BCUT2D eigenvalue weighted by Gasteiger charge is -2.12. The number of halogens is 1. The third-order valence-corrected chi connectivity index (χ3v) is 3.91. The summed E-state index contributed by atoms with van der Waals surface area (Å²) in [5, 5.41) is 2.69. The van der Waals surface area contributed by atoms with Crippen LogP contribution in [0.5, 0.6) is 0 Å². The lowest BCUT2D eigenvalue weighted by atomic mass is 10.3. The number of hydrogen-bond donors (Lipinski definition) is 1. The van der Waals surface area contributed by atoms with Gasteiger partial charge in [-0.2, -0.15) is 0 Å². The molecular formula is C14H18BrNO3S. The predicted octanol–water partition coefficient (Wildman–Crippen LogP) is 3.00. The van der Waals surface area contributed by atoms with Gasteiger partial charge in [0, 0.05) is 15.9 Å². The van der Waals surface area contributed by atoms with Gasteiger partial charge in [0.25, 0.3) is 5.91 Å². The normalized spacial score (nSPS) is 11.8. The van der Waals surface area contributed by atoms with Gasteiger partial charge in [-0.1, -0.05) is 22.9 Å². The highest BCUT2D eigenvalue weighted by Gasteiger charge is 2.17. The number of carbonyl (C=O) groups is 2. The Balaban J connectivity index is 2.32. The zero-order valence-corrected chi connectivity index (χ0v) is 13.9. The molecule has 1 rings (SSSR count). The molecule has 0 aliphatic carbocycles. The van der Waals surface area contributed by atoms with Crippen LogP contribution in [0.15, 0.2) is 33.6 Å². The number of hydrogen-bond acceptors (Lipinski definition) is 4. The summed E-state index contributed by atoms with van der Waals surface area (Å²) in [6.45, 7) is 4.13. The molecule has 110 valence electrons. The quantitative estimate of drug-likeness (QED) is 0.600. The van der Waals surface area contributed by atoms with Gasteiger partial charge in [0.1, 0.15) is 0 Å². The van der Waals surface area contributed by atoms with Crippen LogP contribution in [0.2, 0.25) is 0 Å². The molecule has 0 bridgehead atoms. The maximum Gasteiger partial charge on any atom is 0.317 e. The minimum Gasteiger partial charge on any atom is -0.452 e. The molecule has 6 heteroatoms. The first-order chi connectivity index (χ1) is 9.52. The predicted molar refractivity (Wildman–Crippen MR) is 83.7 cm³/mol. The lowest BCUT2D eigenvalue weighted by Crippen LogP contribution is -2.36. The van der Waals surface area contributed by atoms with E-state index in [1.807, 2.05) is 31.2 Å². The number of amides is 1. The van der Waals surface area contributed by atoms with E-state index in [1.54, 1.807) is 6.92 Å². The molecule has 4 nitrogen and oxygen atoms in total. The molecule has 20 heavy (non-hydrogen) atoms. The Morgan fingerprint density at radius 2 is 2.00 bits per heavy atom. The number of benzene rings is 1. The fourth-order valence-corrected chi connectivity index (χ4v) is 2.30. The molecule has 1 amide bonds. The van der Waals surface area contributed by atoms with Crippen molar-refractivity contribution < 1.29 is 14.3 Å². The Morgan fingerprint density at radius 3 is 2.60 bits per heavy atom. The van der Waals surface area contributed by atoms with Crippen LogP contribution < -0.4 is 5.32 Å². The number of ether oxygens (including phenoxy) is 1. The van der Waals surface area contributed by atoms with Crippen LogP contribution in [0.25, 0.3) is 0 Å². The van der Waals surface area contributed by atoms with Gasteiger partial charge in [-0.15, -0.1) is 11.8 Å². The second-order valence-electron chi connectivity index (χ2n) is 4.17. The summed E-state index contributed by atoms with van der Waals surface area (Å²) in [4.78, 5) is 24.2. The number of esters is 1. The molecular weight excluding hydrogens is 342 g/mol. The smallest absolute Gasteiger partial charge is 0.317 e. The summed E-state index contributed by atoms with van der Waals surface area (Å²) >= 11 is 4.73. The van der Waals surface area contributed by atoms with Crippen molar-refractivity contribution in [3.8, 4) is 0 Å². The standard InChI is InChI=1S/C14H18BrNO3S/c1-3-8-16-14(18)10(2)19-13(17)9-20-12-6-4-11(15)5-7-12/h4-7,10H,3,8-9H2,1-2H3,(H,16,18)/t10-/m1/s1. The minimum atomic E-state index is -0.750. The number of carbonyl (C=O) groups excluding carboxylic acids is 2. The van der Waals surface area contributed by atoms with E-state index in [-0.39, 0.29) is 11.7 Å². The first-order valence-electron chi connectivity index (χ1n) is 6.38. The van der Waals surface area contributed by atoms with Gasteiger partial charge in [0.15, 0.2) is 6.10 Å². The second kappa shape index (κ2) is 9.02. The van der Waals surface area contributed by atoms with Crippen LogP contribution >= 0.6 is 27.7 Å². The maximum atomic E-state index is 11.6. The molecule has 1 N–H and O–H groups in total. The van der Waals surface area contributed by atoms with E-state index in [1.165, 1.54) is 11.8 Å². The van der Waals surface area contributed by atoms with Crippen molar-refractivity contribution >= 4 is 39.6 Å². The van der Waals surface area contributed by atoms with Crippen molar-refractivity contribution in [1.29, 1.82) is 0 Å². The highest BCUT2D eigenvalue weighted by molar-refractivity contribution is 9.10. The van der Waals surface area contributed by atoms with Crippen molar-refractivity contribution in [1.82, 2.24) is 5.32 Å². The van der Waals surface area contributed by atoms with Crippen molar-refractivity contribution in [2.75, 3.05) is 12.3 Å². The molecule has 0 saturated carbocycles. The second-order valence-corrected chi connectivity index (χ2v) is 6.13.